The van der Waals surface area contributed by atoms with Gasteiger partial charge in [0, 0.05) is 5.56 Å². The van der Waals surface area contributed by atoms with Crippen molar-refractivity contribution >= 4 is 18.0 Å². The van der Waals surface area contributed by atoms with E-state index in [0.717, 1.165) is 11.1 Å². The van der Waals surface area contributed by atoms with Crippen LogP contribution in [0.2, 0.25) is 0 Å². The first kappa shape index (κ1) is 21.6. The number of amides is 2. The number of hydrazone groups is 1. The van der Waals surface area contributed by atoms with Gasteiger partial charge in [-0.2, -0.15) is 10.4 Å². The van der Waals surface area contributed by atoms with Crippen LogP contribution in [-0.4, -0.2) is 30.7 Å². The molecule has 0 aliphatic rings. The maximum Gasteiger partial charge on any atom is 0.262 e. The second-order valence-electron chi connectivity index (χ2n) is 6.81. The van der Waals surface area contributed by atoms with Crippen LogP contribution in [0.15, 0.2) is 53.6 Å². The van der Waals surface area contributed by atoms with Gasteiger partial charge in [0.1, 0.15) is 17.9 Å². The van der Waals surface area contributed by atoms with Gasteiger partial charge < -0.3 is 10.1 Å². The lowest BCUT2D eigenvalue weighted by atomic mass is 10.0. The normalized spacial score (nSPS) is 11.7. The molecule has 0 bridgehead atoms. The Labute approximate surface area is 170 Å². The zero-order valence-electron chi connectivity index (χ0n) is 16.7. The number of carbonyl (C=O) groups is 2. The number of nitrogens with zero attached hydrogens (tertiary/aromatic N) is 2. The predicted octanol–water partition coefficient (Wildman–Crippen LogP) is 2.80. The standard InChI is InChI=1S/C22H24N4O3/c1-15(2)20(25-21(27)18-8-4-16(3)5-9-18)22(28)26-24-14-17-6-10-19(11-7-17)29-13-12-23/h4-11,14-15,20H,13H2,1-3H3,(H,25,27)(H,26,28). The minimum Gasteiger partial charge on any atom is -0.479 e. The van der Waals surface area contributed by atoms with Crippen molar-refractivity contribution in [3.8, 4) is 11.8 Å². The number of hydrogen-bond donors (Lipinski definition) is 2. The number of nitrogens with one attached hydrogen (secondary N) is 2. The van der Waals surface area contributed by atoms with E-state index in [4.69, 9.17) is 10.00 Å². The second-order valence-corrected chi connectivity index (χ2v) is 6.81. The van der Waals surface area contributed by atoms with Crippen LogP contribution in [0.4, 0.5) is 0 Å². The van der Waals surface area contributed by atoms with E-state index in [1.807, 2.05) is 39.0 Å². The molecule has 1 unspecified atom stereocenters. The molecule has 2 rings (SSSR count). The molecule has 0 saturated carbocycles. The lowest BCUT2D eigenvalue weighted by molar-refractivity contribution is -0.123. The zero-order chi connectivity index (χ0) is 21.2. The monoisotopic (exact) mass is 392 g/mol. The van der Waals surface area contributed by atoms with Gasteiger partial charge in [-0.15, -0.1) is 0 Å². The van der Waals surface area contributed by atoms with E-state index in [-0.39, 0.29) is 18.4 Å². The van der Waals surface area contributed by atoms with Crippen LogP contribution >= 0.6 is 0 Å². The highest BCUT2D eigenvalue weighted by atomic mass is 16.5. The van der Waals surface area contributed by atoms with E-state index in [9.17, 15) is 9.59 Å². The van der Waals surface area contributed by atoms with Crippen molar-refractivity contribution < 1.29 is 14.3 Å². The minimum absolute atomic E-state index is 0.0195. The fourth-order valence-electron chi connectivity index (χ4n) is 2.47. The number of carbonyl (C=O) groups excluding carboxylic acids is 2. The summed E-state index contributed by atoms with van der Waals surface area (Å²) in [5.41, 5.74) is 4.77. The average Bonchev–Trinajstić information content (AvgIpc) is 2.71. The van der Waals surface area contributed by atoms with Gasteiger partial charge >= 0.3 is 0 Å². The first-order valence-corrected chi connectivity index (χ1v) is 9.21. The van der Waals surface area contributed by atoms with E-state index in [1.165, 1.54) is 6.21 Å². The molecule has 2 aromatic carbocycles. The van der Waals surface area contributed by atoms with E-state index >= 15 is 0 Å². The summed E-state index contributed by atoms with van der Waals surface area (Å²) < 4.78 is 5.18. The van der Waals surface area contributed by atoms with Crippen LogP contribution in [0.5, 0.6) is 5.75 Å². The summed E-state index contributed by atoms with van der Waals surface area (Å²) >= 11 is 0. The summed E-state index contributed by atoms with van der Waals surface area (Å²) in [5, 5.41) is 15.2. The van der Waals surface area contributed by atoms with Crippen LogP contribution in [0.1, 0.15) is 35.3 Å². The summed E-state index contributed by atoms with van der Waals surface area (Å²) in [4.78, 5) is 24.9. The highest BCUT2D eigenvalue weighted by Gasteiger charge is 2.24. The molecule has 0 aliphatic carbocycles. The Morgan fingerprint density at radius 3 is 2.38 bits per heavy atom. The number of nitriles is 1. The number of ether oxygens (including phenoxy) is 1. The molecule has 0 fully saturated rings. The molecular formula is C22H24N4O3. The molecular weight excluding hydrogens is 368 g/mol. The molecule has 0 radical (unpaired) electrons. The van der Waals surface area contributed by atoms with Gasteiger partial charge in [-0.25, -0.2) is 5.43 Å². The first-order chi connectivity index (χ1) is 13.9. The van der Waals surface area contributed by atoms with Crippen molar-refractivity contribution in [1.82, 2.24) is 10.7 Å². The molecule has 7 nitrogen and oxygen atoms in total. The molecule has 1 atom stereocenters. The summed E-state index contributed by atoms with van der Waals surface area (Å²) in [6.45, 7) is 5.62. The molecule has 0 saturated heterocycles. The van der Waals surface area contributed by atoms with Crippen LogP contribution in [-0.2, 0) is 4.79 Å². The van der Waals surface area contributed by atoms with Gasteiger partial charge in [0.15, 0.2) is 6.61 Å². The van der Waals surface area contributed by atoms with E-state index in [0.29, 0.717) is 11.3 Å². The SMILES string of the molecule is Cc1ccc(C(=O)NC(C(=O)NN=Cc2ccc(OCC#N)cc2)C(C)C)cc1. The fraction of sp³-hybridized carbons (Fsp3) is 0.273. The molecule has 2 aromatic rings. The van der Waals surface area contributed by atoms with Crippen molar-refractivity contribution in [1.29, 1.82) is 5.26 Å². The lowest BCUT2D eigenvalue weighted by Gasteiger charge is -2.20. The zero-order valence-corrected chi connectivity index (χ0v) is 16.7. The summed E-state index contributed by atoms with van der Waals surface area (Å²) in [7, 11) is 0. The summed E-state index contributed by atoms with van der Waals surface area (Å²) in [6.07, 6.45) is 1.49. The quantitative estimate of drug-likeness (QED) is 0.532. The van der Waals surface area contributed by atoms with Crippen molar-refractivity contribution in [2.75, 3.05) is 6.61 Å². The topological polar surface area (TPSA) is 104 Å². The largest absolute Gasteiger partial charge is 0.479 e. The van der Waals surface area contributed by atoms with E-state index < -0.39 is 11.9 Å². The Bertz CT molecular complexity index is 897. The summed E-state index contributed by atoms with van der Waals surface area (Å²) in [5.74, 6) is -0.246. The van der Waals surface area contributed by atoms with Gasteiger partial charge in [-0.05, 0) is 54.8 Å². The molecule has 0 spiro atoms. The molecule has 150 valence electrons. The second kappa shape index (κ2) is 10.6. The molecule has 2 amide bonds. The smallest absolute Gasteiger partial charge is 0.262 e. The van der Waals surface area contributed by atoms with Crippen LogP contribution in [0.3, 0.4) is 0 Å². The molecule has 2 N–H and O–H groups in total. The molecule has 0 aliphatic heterocycles. The maximum atomic E-state index is 12.5. The van der Waals surface area contributed by atoms with Crippen LogP contribution in [0, 0.1) is 24.2 Å². The number of rotatable bonds is 8. The third-order valence-corrected chi connectivity index (χ3v) is 4.12. The molecule has 0 heterocycles. The van der Waals surface area contributed by atoms with Crippen molar-refractivity contribution in [3.63, 3.8) is 0 Å². The lowest BCUT2D eigenvalue weighted by Crippen LogP contribution is -2.48. The molecule has 7 heteroatoms. The van der Waals surface area contributed by atoms with E-state index in [1.54, 1.807) is 36.4 Å². The van der Waals surface area contributed by atoms with Gasteiger partial charge in [-0.1, -0.05) is 31.5 Å². The third-order valence-electron chi connectivity index (χ3n) is 4.12. The van der Waals surface area contributed by atoms with Crippen molar-refractivity contribution in [2.24, 2.45) is 11.0 Å². The third kappa shape index (κ3) is 6.78. The number of benzene rings is 2. The van der Waals surface area contributed by atoms with Gasteiger partial charge in [0.05, 0.1) is 6.21 Å². The van der Waals surface area contributed by atoms with Gasteiger partial charge in [0.2, 0.25) is 0 Å². The molecule has 0 aromatic heterocycles. The Kier molecular flexibility index (Phi) is 7.92. The average molecular weight is 392 g/mol. The molecule has 29 heavy (non-hydrogen) atoms. The van der Waals surface area contributed by atoms with Crippen LogP contribution < -0.4 is 15.5 Å². The Morgan fingerprint density at radius 2 is 1.79 bits per heavy atom. The number of aryl methyl sites for hydroxylation is 1. The Hall–Kier alpha value is -3.66. The highest BCUT2D eigenvalue weighted by Crippen LogP contribution is 2.11. The Morgan fingerprint density at radius 1 is 1.14 bits per heavy atom. The van der Waals surface area contributed by atoms with Crippen molar-refractivity contribution in [3.05, 3.63) is 65.2 Å². The van der Waals surface area contributed by atoms with E-state index in [2.05, 4.69) is 15.8 Å². The summed E-state index contributed by atoms with van der Waals surface area (Å²) in [6, 6.07) is 15.2. The predicted molar refractivity (Wildman–Crippen MR) is 111 cm³/mol. The van der Waals surface area contributed by atoms with Gasteiger partial charge in [-0.3, -0.25) is 9.59 Å². The maximum absolute atomic E-state index is 12.5. The first-order valence-electron chi connectivity index (χ1n) is 9.21. The van der Waals surface area contributed by atoms with Crippen LogP contribution in [0.25, 0.3) is 0 Å². The van der Waals surface area contributed by atoms with Gasteiger partial charge in [0.25, 0.3) is 11.8 Å². The Balaban J connectivity index is 1.95. The number of hydrogen-bond acceptors (Lipinski definition) is 5. The van der Waals surface area contributed by atoms with Crippen molar-refractivity contribution in [2.45, 2.75) is 26.8 Å². The highest BCUT2D eigenvalue weighted by molar-refractivity contribution is 5.97. The fourth-order valence-corrected chi connectivity index (χ4v) is 2.47. The minimum atomic E-state index is -0.720.